The maximum atomic E-state index is 6.56. The van der Waals surface area contributed by atoms with Crippen molar-refractivity contribution >= 4 is 17.3 Å². The molecule has 5 heteroatoms. The topological polar surface area (TPSA) is 58.3 Å². The lowest BCUT2D eigenvalue weighted by Crippen LogP contribution is -2.27. The average molecular weight is 376 g/mol. The van der Waals surface area contributed by atoms with Crippen LogP contribution >= 0.6 is 0 Å². The normalized spacial score (nSPS) is 10.6. The summed E-state index contributed by atoms with van der Waals surface area (Å²) in [6.45, 7) is 4.57. The molecule has 2 aromatic carbocycles. The van der Waals surface area contributed by atoms with E-state index in [2.05, 4.69) is 75.2 Å². The van der Waals surface area contributed by atoms with E-state index in [0.717, 1.165) is 44.1 Å². The molecule has 1 aromatic heterocycles. The third-order valence-electron chi connectivity index (χ3n) is 4.78. The van der Waals surface area contributed by atoms with Crippen molar-refractivity contribution in [3.63, 3.8) is 0 Å². The van der Waals surface area contributed by atoms with E-state index in [-0.39, 0.29) is 0 Å². The molecule has 0 unspecified atom stereocenters. The molecule has 0 saturated heterocycles. The SMILES string of the molecule is CCCCN(C)c1ncnc(N(Cc2ccccc2)Cc2ccccc2)c1N. The van der Waals surface area contributed by atoms with E-state index in [1.54, 1.807) is 6.33 Å². The molecule has 0 fully saturated rings. The van der Waals surface area contributed by atoms with Gasteiger partial charge in [-0.15, -0.1) is 0 Å². The summed E-state index contributed by atoms with van der Waals surface area (Å²) < 4.78 is 0. The fourth-order valence-corrected chi connectivity index (χ4v) is 3.25. The molecule has 3 rings (SSSR count). The molecular formula is C23H29N5. The molecule has 0 spiro atoms. The predicted molar refractivity (Wildman–Crippen MR) is 117 cm³/mol. The summed E-state index contributed by atoms with van der Waals surface area (Å²) in [6.07, 6.45) is 3.86. The number of nitrogens with two attached hydrogens (primary N) is 1. The number of hydrogen-bond acceptors (Lipinski definition) is 5. The number of hydrogen-bond donors (Lipinski definition) is 1. The Labute approximate surface area is 167 Å². The predicted octanol–water partition coefficient (Wildman–Crippen LogP) is 4.50. The van der Waals surface area contributed by atoms with Gasteiger partial charge >= 0.3 is 0 Å². The molecule has 1 heterocycles. The van der Waals surface area contributed by atoms with E-state index >= 15 is 0 Å². The standard InChI is InChI=1S/C23H29N5/c1-3-4-15-27(2)22-21(24)23(26-18-25-22)28(16-19-11-7-5-8-12-19)17-20-13-9-6-10-14-20/h5-14,18H,3-4,15-17,24H2,1-2H3. The highest BCUT2D eigenvalue weighted by Gasteiger charge is 2.18. The first-order valence-corrected chi connectivity index (χ1v) is 9.83. The number of benzene rings is 2. The van der Waals surface area contributed by atoms with Crippen LogP contribution in [0.1, 0.15) is 30.9 Å². The van der Waals surface area contributed by atoms with Gasteiger partial charge in [0, 0.05) is 26.7 Å². The zero-order valence-electron chi connectivity index (χ0n) is 16.8. The van der Waals surface area contributed by atoms with Crippen molar-refractivity contribution in [2.75, 3.05) is 29.1 Å². The van der Waals surface area contributed by atoms with Gasteiger partial charge < -0.3 is 15.5 Å². The molecule has 28 heavy (non-hydrogen) atoms. The number of aromatic nitrogens is 2. The Morgan fingerprint density at radius 3 is 1.89 bits per heavy atom. The first kappa shape index (κ1) is 19.7. The minimum Gasteiger partial charge on any atom is -0.393 e. The Balaban J connectivity index is 1.92. The van der Waals surface area contributed by atoms with E-state index in [0.29, 0.717) is 5.69 Å². The van der Waals surface area contributed by atoms with Crippen LogP contribution in [0.3, 0.4) is 0 Å². The van der Waals surface area contributed by atoms with Crippen molar-refractivity contribution in [2.24, 2.45) is 0 Å². The Morgan fingerprint density at radius 2 is 1.36 bits per heavy atom. The first-order valence-electron chi connectivity index (χ1n) is 9.83. The van der Waals surface area contributed by atoms with Gasteiger partial charge in [-0.2, -0.15) is 0 Å². The van der Waals surface area contributed by atoms with Crippen molar-refractivity contribution in [1.29, 1.82) is 0 Å². The molecule has 0 atom stereocenters. The smallest absolute Gasteiger partial charge is 0.158 e. The van der Waals surface area contributed by atoms with Gasteiger partial charge in [-0.3, -0.25) is 0 Å². The van der Waals surface area contributed by atoms with E-state index in [1.165, 1.54) is 11.1 Å². The van der Waals surface area contributed by atoms with Crippen LogP contribution < -0.4 is 15.5 Å². The van der Waals surface area contributed by atoms with Gasteiger partial charge in [-0.25, -0.2) is 9.97 Å². The monoisotopic (exact) mass is 375 g/mol. The summed E-state index contributed by atoms with van der Waals surface area (Å²) in [5.41, 5.74) is 9.63. The average Bonchev–Trinajstić information content (AvgIpc) is 2.73. The van der Waals surface area contributed by atoms with Crippen LogP contribution in [0.5, 0.6) is 0 Å². The number of anilines is 3. The number of rotatable bonds is 9. The largest absolute Gasteiger partial charge is 0.393 e. The molecule has 0 radical (unpaired) electrons. The van der Waals surface area contributed by atoms with E-state index in [4.69, 9.17) is 5.73 Å². The molecule has 146 valence electrons. The quantitative estimate of drug-likeness (QED) is 0.597. The molecule has 0 aliphatic carbocycles. The summed E-state index contributed by atoms with van der Waals surface area (Å²) >= 11 is 0. The second-order valence-corrected chi connectivity index (χ2v) is 7.04. The number of nitrogens with zero attached hydrogens (tertiary/aromatic N) is 4. The summed E-state index contributed by atoms with van der Waals surface area (Å²) in [7, 11) is 2.04. The van der Waals surface area contributed by atoms with Gasteiger partial charge in [0.15, 0.2) is 11.6 Å². The van der Waals surface area contributed by atoms with Gasteiger partial charge in [-0.05, 0) is 17.5 Å². The van der Waals surface area contributed by atoms with Crippen LogP contribution in [0, 0.1) is 0 Å². The zero-order chi connectivity index (χ0) is 19.8. The molecule has 0 saturated carbocycles. The van der Waals surface area contributed by atoms with Gasteiger partial charge in [0.25, 0.3) is 0 Å². The lowest BCUT2D eigenvalue weighted by molar-refractivity contribution is 0.753. The fourth-order valence-electron chi connectivity index (χ4n) is 3.25. The number of unbranched alkanes of at least 4 members (excludes halogenated alkanes) is 1. The second-order valence-electron chi connectivity index (χ2n) is 7.04. The third kappa shape index (κ3) is 5.00. The van der Waals surface area contributed by atoms with Crippen molar-refractivity contribution in [3.05, 3.63) is 78.1 Å². The molecule has 0 aliphatic rings. The highest BCUT2D eigenvalue weighted by molar-refractivity contribution is 5.75. The Bertz CT molecular complexity index is 810. The molecule has 0 aliphatic heterocycles. The van der Waals surface area contributed by atoms with Gasteiger partial charge in [0.05, 0.1) is 0 Å². The molecule has 3 aromatic rings. The third-order valence-corrected chi connectivity index (χ3v) is 4.78. The van der Waals surface area contributed by atoms with Crippen LogP contribution in [0.4, 0.5) is 17.3 Å². The summed E-state index contributed by atoms with van der Waals surface area (Å²) in [5, 5.41) is 0. The molecule has 2 N–H and O–H groups in total. The Kier molecular flexibility index (Phi) is 6.84. The number of nitrogen functional groups attached to an aromatic ring is 1. The van der Waals surface area contributed by atoms with Gasteiger partial charge in [0.2, 0.25) is 0 Å². The van der Waals surface area contributed by atoms with Crippen LogP contribution in [-0.2, 0) is 13.1 Å². The summed E-state index contributed by atoms with van der Waals surface area (Å²) in [6, 6.07) is 20.8. The Hall–Kier alpha value is -3.08. The van der Waals surface area contributed by atoms with E-state index < -0.39 is 0 Å². The second kappa shape index (κ2) is 9.74. The van der Waals surface area contributed by atoms with Crippen molar-refractivity contribution in [1.82, 2.24) is 9.97 Å². The lowest BCUT2D eigenvalue weighted by Gasteiger charge is -2.27. The van der Waals surface area contributed by atoms with Gasteiger partial charge in [-0.1, -0.05) is 74.0 Å². The molecule has 5 nitrogen and oxygen atoms in total. The van der Waals surface area contributed by atoms with Crippen LogP contribution in [0.2, 0.25) is 0 Å². The maximum Gasteiger partial charge on any atom is 0.158 e. The van der Waals surface area contributed by atoms with Crippen molar-refractivity contribution < 1.29 is 0 Å². The van der Waals surface area contributed by atoms with Gasteiger partial charge in [0.1, 0.15) is 12.0 Å². The van der Waals surface area contributed by atoms with Crippen molar-refractivity contribution in [3.8, 4) is 0 Å². The van der Waals surface area contributed by atoms with Crippen molar-refractivity contribution in [2.45, 2.75) is 32.9 Å². The maximum absolute atomic E-state index is 6.56. The minimum absolute atomic E-state index is 0.632. The fraction of sp³-hybridized carbons (Fsp3) is 0.304. The lowest BCUT2D eigenvalue weighted by atomic mass is 10.1. The zero-order valence-corrected chi connectivity index (χ0v) is 16.8. The van der Waals surface area contributed by atoms with E-state index in [9.17, 15) is 0 Å². The summed E-state index contributed by atoms with van der Waals surface area (Å²) in [5.74, 6) is 1.57. The molecular weight excluding hydrogens is 346 g/mol. The molecule has 0 bridgehead atoms. The van der Waals surface area contributed by atoms with Crippen LogP contribution in [0.15, 0.2) is 67.0 Å². The summed E-state index contributed by atoms with van der Waals surface area (Å²) in [4.78, 5) is 13.3. The van der Waals surface area contributed by atoms with E-state index in [1.807, 2.05) is 19.2 Å². The first-order chi connectivity index (χ1) is 13.7. The van der Waals surface area contributed by atoms with Crippen LogP contribution in [-0.4, -0.2) is 23.6 Å². The Morgan fingerprint density at radius 1 is 0.821 bits per heavy atom. The van der Waals surface area contributed by atoms with Crippen LogP contribution in [0.25, 0.3) is 0 Å². The molecule has 0 amide bonds. The minimum atomic E-state index is 0.632. The highest BCUT2D eigenvalue weighted by Crippen LogP contribution is 2.30. The highest BCUT2D eigenvalue weighted by atomic mass is 15.2.